The minimum atomic E-state index is -0.282. The number of amides is 2. The number of imide groups is 1. The second kappa shape index (κ2) is 8.92. The highest BCUT2D eigenvalue weighted by atomic mass is 32.2. The van der Waals surface area contributed by atoms with Crippen molar-refractivity contribution in [1.29, 1.82) is 0 Å². The first-order valence-corrected chi connectivity index (χ1v) is 11.8. The second-order valence-electron chi connectivity index (χ2n) is 8.13. The smallest absolute Gasteiger partial charge is 0.298 e. The minimum Gasteiger partial charge on any atom is -0.378 e. The fourth-order valence-electron chi connectivity index (χ4n) is 4.37. The largest absolute Gasteiger partial charge is 0.378 e. The van der Waals surface area contributed by atoms with Gasteiger partial charge in [-0.3, -0.25) is 9.59 Å². The molecule has 0 atom stereocenters. The van der Waals surface area contributed by atoms with E-state index in [1.54, 1.807) is 12.1 Å². The Labute approximate surface area is 197 Å². The number of para-hydroxylation sites is 1. The molecule has 2 amide bonds. The van der Waals surface area contributed by atoms with E-state index in [0.717, 1.165) is 60.7 Å². The molecule has 2 fully saturated rings. The quantitative estimate of drug-likeness (QED) is 0.504. The molecule has 7 heteroatoms. The van der Waals surface area contributed by atoms with Gasteiger partial charge in [-0.15, -0.1) is 0 Å². The molecular weight excluding hydrogens is 434 g/mol. The van der Waals surface area contributed by atoms with E-state index in [4.69, 9.17) is 4.74 Å². The van der Waals surface area contributed by atoms with Crippen molar-refractivity contribution in [2.45, 2.75) is 13.8 Å². The first-order valence-electron chi connectivity index (χ1n) is 11.0. The van der Waals surface area contributed by atoms with Gasteiger partial charge in [0.2, 0.25) is 0 Å². The molecule has 168 valence electrons. The van der Waals surface area contributed by atoms with E-state index in [1.807, 2.05) is 31.2 Å². The Kier molecular flexibility index (Phi) is 5.83. The van der Waals surface area contributed by atoms with Gasteiger partial charge in [-0.25, -0.2) is 4.90 Å². The van der Waals surface area contributed by atoms with Crippen LogP contribution in [0.1, 0.15) is 17.0 Å². The van der Waals surface area contributed by atoms with Crippen molar-refractivity contribution < 1.29 is 14.3 Å². The zero-order chi connectivity index (χ0) is 22.9. The number of nitrogens with zero attached hydrogens (tertiary/aromatic N) is 3. The lowest BCUT2D eigenvalue weighted by atomic mass is 10.2. The molecule has 0 bridgehead atoms. The van der Waals surface area contributed by atoms with Gasteiger partial charge in [0.25, 0.3) is 11.1 Å². The Morgan fingerprint density at radius 3 is 2.24 bits per heavy atom. The highest BCUT2D eigenvalue weighted by Gasteiger charge is 2.36. The van der Waals surface area contributed by atoms with Crippen LogP contribution in [0.4, 0.5) is 16.2 Å². The van der Waals surface area contributed by atoms with Crippen molar-refractivity contribution in [3.63, 3.8) is 0 Å². The number of hydrogen-bond donors (Lipinski definition) is 0. The van der Waals surface area contributed by atoms with Crippen molar-refractivity contribution >= 4 is 40.4 Å². The number of benzene rings is 2. The van der Waals surface area contributed by atoms with Crippen LogP contribution < -0.4 is 9.80 Å². The summed E-state index contributed by atoms with van der Waals surface area (Å²) in [7, 11) is 0. The number of ether oxygens (including phenoxy) is 1. The van der Waals surface area contributed by atoms with Gasteiger partial charge < -0.3 is 14.2 Å². The van der Waals surface area contributed by atoms with Gasteiger partial charge in [-0.1, -0.05) is 18.2 Å². The summed E-state index contributed by atoms with van der Waals surface area (Å²) in [4.78, 5) is 29.5. The number of carbonyl (C=O) groups is 2. The third kappa shape index (κ3) is 4.10. The molecule has 5 rings (SSSR count). The van der Waals surface area contributed by atoms with Crippen LogP contribution in [0.2, 0.25) is 0 Å². The van der Waals surface area contributed by atoms with Crippen molar-refractivity contribution in [2.75, 3.05) is 36.1 Å². The van der Waals surface area contributed by atoms with Crippen LogP contribution >= 0.6 is 11.8 Å². The molecule has 0 aliphatic carbocycles. The first kappa shape index (κ1) is 21.6. The maximum Gasteiger partial charge on any atom is 0.298 e. The maximum absolute atomic E-state index is 13.0. The van der Waals surface area contributed by atoms with Gasteiger partial charge in [0.1, 0.15) is 0 Å². The van der Waals surface area contributed by atoms with Crippen LogP contribution in [0, 0.1) is 13.8 Å². The number of aryl methyl sites for hydroxylation is 1. The van der Waals surface area contributed by atoms with Gasteiger partial charge in [-0.2, -0.15) is 0 Å². The molecule has 33 heavy (non-hydrogen) atoms. The third-order valence-electron chi connectivity index (χ3n) is 6.05. The molecule has 2 aromatic carbocycles. The lowest BCUT2D eigenvalue weighted by Crippen LogP contribution is -2.36. The predicted octanol–water partition coefficient (Wildman–Crippen LogP) is 5.17. The van der Waals surface area contributed by atoms with Gasteiger partial charge >= 0.3 is 0 Å². The monoisotopic (exact) mass is 459 g/mol. The van der Waals surface area contributed by atoms with E-state index in [1.165, 1.54) is 10.6 Å². The van der Waals surface area contributed by atoms with Gasteiger partial charge in [-0.05, 0) is 79.7 Å². The number of thioether (sulfide) groups is 1. The van der Waals surface area contributed by atoms with E-state index in [0.29, 0.717) is 10.6 Å². The van der Waals surface area contributed by atoms with Gasteiger partial charge in [0.15, 0.2) is 0 Å². The van der Waals surface area contributed by atoms with E-state index in [2.05, 4.69) is 46.7 Å². The first-order chi connectivity index (χ1) is 16.0. The fourth-order valence-corrected chi connectivity index (χ4v) is 5.21. The second-order valence-corrected chi connectivity index (χ2v) is 9.12. The number of anilines is 2. The van der Waals surface area contributed by atoms with Crippen molar-refractivity contribution in [2.24, 2.45) is 0 Å². The SMILES string of the molecule is Cc1cc(/C=C2\SC(=O)N(c3ccccc3)C2=O)c(C)n1-c1ccc(N2CCOCC2)cc1. The van der Waals surface area contributed by atoms with Crippen LogP contribution in [0.25, 0.3) is 11.8 Å². The normalized spacial score (nSPS) is 17.9. The van der Waals surface area contributed by atoms with Crippen LogP contribution in [-0.2, 0) is 9.53 Å². The summed E-state index contributed by atoms with van der Waals surface area (Å²) in [5.41, 5.74) is 5.88. The van der Waals surface area contributed by atoms with E-state index in [9.17, 15) is 9.59 Å². The van der Waals surface area contributed by atoms with E-state index in [-0.39, 0.29) is 11.1 Å². The molecule has 2 aliphatic heterocycles. The summed E-state index contributed by atoms with van der Waals surface area (Å²) in [5.74, 6) is -0.282. The molecule has 2 aliphatic rings. The number of hydrogen-bond acceptors (Lipinski definition) is 5. The Morgan fingerprint density at radius 1 is 0.879 bits per heavy atom. The number of rotatable bonds is 4. The molecule has 1 aromatic heterocycles. The fraction of sp³-hybridized carbons (Fsp3) is 0.231. The summed E-state index contributed by atoms with van der Waals surface area (Å²) in [6.07, 6.45) is 1.83. The average Bonchev–Trinajstić information content (AvgIpc) is 3.28. The molecule has 0 saturated carbocycles. The minimum absolute atomic E-state index is 0.273. The Morgan fingerprint density at radius 2 is 1.55 bits per heavy atom. The number of morpholine rings is 1. The molecule has 0 spiro atoms. The van der Waals surface area contributed by atoms with Crippen LogP contribution in [0.15, 0.2) is 65.6 Å². The van der Waals surface area contributed by atoms with Crippen molar-refractivity contribution in [3.05, 3.63) is 82.5 Å². The molecule has 6 nitrogen and oxygen atoms in total. The molecular formula is C26H25N3O3S. The van der Waals surface area contributed by atoms with E-state index >= 15 is 0 Å². The van der Waals surface area contributed by atoms with Crippen molar-refractivity contribution in [1.82, 2.24) is 4.57 Å². The number of carbonyl (C=O) groups excluding carboxylic acids is 2. The number of aromatic nitrogens is 1. The predicted molar refractivity (Wildman–Crippen MR) is 133 cm³/mol. The van der Waals surface area contributed by atoms with Gasteiger partial charge in [0, 0.05) is 35.9 Å². The van der Waals surface area contributed by atoms with E-state index < -0.39 is 0 Å². The van der Waals surface area contributed by atoms with Crippen molar-refractivity contribution in [3.8, 4) is 5.69 Å². The third-order valence-corrected chi connectivity index (χ3v) is 6.92. The molecule has 2 saturated heterocycles. The van der Waals surface area contributed by atoms with Crippen LogP contribution in [0.3, 0.4) is 0 Å². The van der Waals surface area contributed by atoms with Crippen LogP contribution in [-0.4, -0.2) is 42.0 Å². The zero-order valence-electron chi connectivity index (χ0n) is 18.7. The lowest BCUT2D eigenvalue weighted by Gasteiger charge is -2.29. The van der Waals surface area contributed by atoms with Crippen LogP contribution in [0.5, 0.6) is 0 Å². The highest BCUT2D eigenvalue weighted by Crippen LogP contribution is 2.36. The molecule has 0 N–H and O–H groups in total. The summed E-state index contributed by atoms with van der Waals surface area (Å²) in [5, 5.41) is -0.273. The van der Waals surface area contributed by atoms with Gasteiger partial charge in [0.05, 0.1) is 23.8 Å². The average molecular weight is 460 g/mol. The highest BCUT2D eigenvalue weighted by molar-refractivity contribution is 8.19. The molecule has 0 unspecified atom stereocenters. The Balaban J connectivity index is 1.42. The Bertz CT molecular complexity index is 1230. The molecule has 3 aromatic rings. The molecule has 3 heterocycles. The Hall–Kier alpha value is -3.29. The molecule has 0 radical (unpaired) electrons. The summed E-state index contributed by atoms with van der Waals surface area (Å²) in [6.45, 7) is 7.42. The summed E-state index contributed by atoms with van der Waals surface area (Å²) < 4.78 is 7.62. The summed E-state index contributed by atoms with van der Waals surface area (Å²) >= 11 is 0.982. The summed E-state index contributed by atoms with van der Waals surface area (Å²) in [6, 6.07) is 19.6. The standard InChI is InChI=1S/C26H25N3O3S/c1-18-16-20(17-24-25(30)29(26(31)33-24)22-6-4-3-5-7-22)19(2)28(18)23-10-8-21(9-11-23)27-12-14-32-15-13-27/h3-11,16-17H,12-15H2,1-2H3/b24-17-. The lowest BCUT2D eigenvalue weighted by molar-refractivity contribution is -0.113. The maximum atomic E-state index is 13.0. The topological polar surface area (TPSA) is 54.8 Å². The zero-order valence-corrected chi connectivity index (χ0v) is 19.5.